The molecule has 138 valence electrons. The Kier molecular flexibility index (Phi) is 6.07. The van der Waals surface area contributed by atoms with E-state index in [0.717, 1.165) is 43.3 Å². The Hall–Kier alpha value is -2.60. The van der Waals surface area contributed by atoms with Gasteiger partial charge in [-0.2, -0.15) is 0 Å². The molecule has 6 nitrogen and oxygen atoms in total. The molecule has 1 aromatic carbocycles. The summed E-state index contributed by atoms with van der Waals surface area (Å²) >= 11 is 0. The average Bonchev–Trinajstić information content (AvgIpc) is 2.72. The lowest BCUT2D eigenvalue weighted by atomic mass is 10.1. The Labute approximate surface area is 154 Å². The molecular weight excluding hydrogens is 328 g/mol. The monoisotopic (exact) mass is 354 g/mol. The van der Waals surface area contributed by atoms with Crippen LogP contribution in [0.4, 0.5) is 5.82 Å². The van der Waals surface area contributed by atoms with Crippen LogP contribution in [0.1, 0.15) is 12.5 Å². The molecule has 26 heavy (non-hydrogen) atoms. The zero-order valence-electron chi connectivity index (χ0n) is 15.4. The smallest absolute Gasteiger partial charge is 0.237 e. The van der Waals surface area contributed by atoms with Crippen LogP contribution in [-0.2, 0) is 11.3 Å². The SMILES string of the molecule is COc1ccccc1CNC(=O)[C@@H](C)N1CCN(c2ccccn2)CC1. The molecule has 2 heterocycles. The van der Waals surface area contributed by atoms with E-state index in [1.165, 1.54) is 0 Å². The van der Waals surface area contributed by atoms with Crippen molar-refractivity contribution in [3.05, 3.63) is 54.2 Å². The summed E-state index contributed by atoms with van der Waals surface area (Å²) in [7, 11) is 1.64. The van der Waals surface area contributed by atoms with Gasteiger partial charge in [0.15, 0.2) is 0 Å². The number of pyridine rings is 1. The van der Waals surface area contributed by atoms with Crippen LogP contribution in [0, 0.1) is 0 Å². The first-order valence-corrected chi connectivity index (χ1v) is 8.98. The highest BCUT2D eigenvalue weighted by Crippen LogP contribution is 2.17. The number of hydrogen-bond acceptors (Lipinski definition) is 5. The summed E-state index contributed by atoms with van der Waals surface area (Å²) in [5.41, 5.74) is 0.982. The first kappa shape index (κ1) is 18.2. The minimum Gasteiger partial charge on any atom is -0.496 e. The number of anilines is 1. The molecule has 0 bridgehead atoms. The summed E-state index contributed by atoms with van der Waals surface area (Å²) in [5.74, 6) is 1.84. The molecule has 1 N–H and O–H groups in total. The van der Waals surface area contributed by atoms with Gasteiger partial charge >= 0.3 is 0 Å². The van der Waals surface area contributed by atoms with E-state index in [-0.39, 0.29) is 11.9 Å². The van der Waals surface area contributed by atoms with Gasteiger partial charge in [0.25, 0.3) is 0 Å². The predicted molar refractivity (Wildman–Crippen MR) is 102 cm³/mol. The number of para-hydroxylation sites is 1. The van der Waals surface area contributed by atoms with Crippen LogP contribution in [0.15, 0.2) is 48.7 Å². The predicted octanol–water partition coefficient (Wildman–Crippen LogP) is 1.92. The van der Waals surface area contributed by atoms with E-state index < -0.39 is 0 Å². The highest BCUT2D eigenvalue weighted by molar-refractivity contribution is 5.81. The molecule has 1 fully saturated rings. The van der Waals surface area contributed by atoms with Crippen molar-refractivity contribution in [3.63, 3.8) is 0 Å². The Balaban J connectivity index is 1.50. The highest BCUT2D eigenvalue weighted by Gasteiger charge is 2.25. The molecule has 6 heteroatoms. The maximum absolute atomic E-state index is 12.5. The molecule has 2 aromatic rings. The molecule has 3 rings (SSSR count). The number of rotatable bonds is 6. The first-order valence-electron chi connectivity index (χ1n) is 8.98. The number of benzene rings is 1. The van der Waals surface area contributed by atoms with Gasteiger partial charge in [-0.3, -0.25) is 9.69 Å². The second kappa shape index (κ2) is 8.67. The molecule has 1 amide bonds. The van der Waals surface area contributed by atoms with Crippen molar-refractivity contribution in [1.29, 1.82) is 0 Å². The average molecular weight is 354 g/mol. The Morgan fingerprint density at radius 1 is 1.15 bits per heavy atom. The molecule has 1 saturated heterocycles. The van der Waals surface area contributed by atoms with Crippen molar-refractivity contribution in [2.75, 3.05) is 38.2 Å². The third kappa shape index (κ3) is 4.32. The van der Waals surface area contributed by atoms with Crippen LogP contribution in [0.2, 0.25) is 0 Å². The normalized spacial score (nSPS) is 16.2. The molecule has 1 aliphatic heterocycles. The van der Waals surface area contributed by atoms with E-state index in [0.29, 0.717) is 6.54 Å². The topological polar surface area (TPSA) is 57.7 Å². The second-order valence-corrected chi connectivity index (χ2v) is 6.42. The van der Waals surface area contributed by atoms with Gasteiger partial charge in [0.05, 0.1) is 13.2 Å². The molecule has 1 aliphatic rings. The fourth-order valence-electron chi connectivity index (χ4n) is 3.22. The van der Waals surface area contributed by atoms with Crippen molar-refractivity contribution < 1.29 is 9.53 Å². The van der Waals surface area contributed by atoms with Crippen LogP contribution < -0.4 is 15.0 Å². The van der Waals surface area contributed by atoms with Crippen LogP contribution in [0.3, 0.4) is 0 Å². The summed E-state index contributed by atoms with van der Waals surface area (Å²) in [6, 6.07) is 13.5. The zero-order chi connectivity index (χ0) is 18.4. The number of methoxy groups -OCH3 is 1. The number of ether oxygens (including phenoxy) is 1. The van der Waals surface area contributed by atoms with Gasteiger partial charge in [0, 0.05) is 44.5 Å². The Morgan fingerprint density at radius 2 is 1.88 bits per heavy atom. The molecular formula is C20H26N4O2. The van der Waals surface area contributed by atoms with E-state index in [1.54, 1.807) is 7.11 Å². The standard InChI is InChI=1S/C20H26N4O2/c1-16(20(25)22-15-17-7-3-4-8-18(17)26-2)23-11-13-24(14-12-23)19-9-5-6-10-21-19/h3-10,16H,11-15H2,1-2H3,(H,22,25)/t16-/m1/s1. The maximum Gasteiger partial charge on any atom is 0.237 e. The van der Waals surface area contributed by atoms with Crippen molar-refractivity contribution in [2.45, 2.75) is 19.5 Å². The van der Waals surface area contributed by atoms with Crippen LogP contribution in [0.25, 0.3) is 0 Å². The zero-order valence-corrected chi connectivity index (χ0v) is 15.4. The van der Waals surface area contributed by atoms with Gasteiger partial charge in [-0.1, -0.05) is 24.3 Å². The van der Waals surface area contributed by atoms with E-state index in [2.05, 4.69) is 20.1 Å². The Bertz CT molecular complexity index is 715. The van der Waals surface area contributed by atoms with Crippen LogP contribution in [-0.4, -0.2) is 55.1 Å². The van der Waals surface area contributed by atoms with Crippen molar-refractivity contribution >= 4 is 11.7 Å². The lowest BCUT2D eigenvalue weighted by molar-refractivity contribution is -0.126. The third-order valence-electron chi connectivity index (χ3n) is 4.86. The fraction of sp³-hybridized carbons (Fsp3) is 0.400. The number of hydrogen-bond donors (Lipinski definition) is 1. The molecule has 0 saturated carbocycles. The number of carbonyl (C=O) groups excluding carboxylic acids is 1. The van der Waals surface area contributed by atoms with Gasteiger partial charge in [-0.15, -0.1) is 0 Å². The number of piperazine rings is 1. The lowest BCUT2D eigenvalue weighted by Crippen LogP contribution is -2.54. The molecule has 0 aliphatic carbocycles. The highest BCUT2D eigenvalue weighted by atomic mass is 16.5. The number of nitrogens with zero attached hydrogens (tertiary/aromatic N) is 3. The Morgan fingerprint density at radius 3 is 2.58 bits per heavy atom. The van der Waals surface area contributed by atoms with E-state index in [4.69, 9.17) is 4.74 Å². The maximum atomic E-state index is 12.5. The van der Waals surface area contributed by atoms with Crippen LogP contribution >= 0.6 is 0 Å². The van der Waals surface area contributed by atoms with Crippen molar-refractivity contribution in [2.24, 2.45) is 0 Å². The third-order valence-corrected chi connectivity index (χ3v) is 4.86. The molecule has 1 atom stereocenters. The molecule has 0 unspecified atom stereocenters. The number of amides is 1. The van der Waals surface area contributed by atoms with Gasteiger partial charge < -0.3 is 15.0 Å². The van der Waals surface area contributed by atoms with E-state index >= 15 is 0 Å². The molecule has 0 spiro atoms. The van der Waals surface area contributed by atoms with E-state index in [1.807, 2.05) is 55.6 Å². The summed E-state index contributed by atoms with van der Waals surface area (Å²) in [6.07, 6.45) is 1.82. The minimum atomic E-state index is -0.157. The largest absolute Gasteiger partial charge is 0.496 e. The molecule has 0 radical (unpaired) electrons. The van der Waals surface area contributed by atoms with Gasteiger partial charge in [-0.05, 0) is 25.1 Å². The quantitative estimate of drug-likeness (QED) is 0.859. The number of nitrogens with one attached hydrogen (secondary N) is 1. The fourth-order valence-corrected chi connectivity index (χ4v) is 3.22. The van der Waals surface area contributed by atoms with Gasteiger partial charge in [0.1, 0.15) is 11.6 Å². The summed E-state index contributed by atoms with van der Waals surface area (Å²) in [4.78, 5) is 21.4. The molecule has 1 aromatic heterocycles. The summed E-state index contributed by atoms with van der Waals surface area (Å²) in [5, 5.41) is 3.03. The van der Waals surface area contributed by atoms with E-state index in [9.17, 15) is 4.79 Å². The van der Waals surface area contributed by atoms with Crippen molar-refractivity contribution in [1.82, 2.24) is 15.2 Å². The number of carbonyl (C=O) groups is 1. The summed E-state index contributed by atoms with van der Waals surface area (Å²) in [6.45, 7) is 5.89. The van der Waals surface area contributed by atoms with Gasteiger partial charge in [0.2, 0.25) is 5.91 Å². The minimum absolute atomic E-state index is 0.0437. The second-order valence-electron chi connectivity index (χ2n) is 6.42. The lowest BCUT2D eigenvalue weighted by Gasteiger charge is -2.37. The first-order chi connectivity index (χ1) is 12.7. The van der Waals surface area contributed by atoms with Gasteiger partial charge in [-0.25, -0.2) is 4.98 Å². The van der Waals surface area contributed by atoms with Crippen LogP contribution in [0.5, 0.6) is 5.75 Å². The number of aromatic nitrogens is 1. The summed E-state index contributed by atoms with van der Waals surface area (Å²) < 4.78 is 5.34. The van der Waals surface area contributed by atoms with Crippen molar-refractivity contribution in [3.8, 4) is 5.75 Å².